The molecule has 3 heterocycles. The lowest BCUT2D eigenvalue weighted by Crippen LogP contribution is -2.27. The van der Waals surface area contributed by atoms with Crippen molar-refractivity contribution in [2.24, 2.45) is 5.92 Å². The zero-order chi connectivity index (χ0) is 12.4. The largest absolute Gasteiger partial charge is 0.317 e. The average molecular weight is 265 g/mol. The van der Waals surface area contributed by atoms with Crippen LogP contribution in [0.25, 0.3) is 4.96 Å². The summed E-state index contributed by atoms with van der Waals surface area (Å²) in [6, 6.07) is 0. The maximum Gasteiger partial charge on any atom is 0.234 e. The van der Waals surface area contributed by atoms with Gasteiger partial charge in [0.05, 0.1) is 0 Å². The number of fused-ring (bicyclic) bond motifs is 1. The molecule has 3 rings (SSSR count). The van der Waals surface area contributed by atoms with Crippen LogP contribution in [0, 0.1) is 5.92 Å². The molecule has 1 aliphatic rings. The van der Waals surface area contributed by atoms with E-state index in [1.807, 2.05) is 4.52 Å². The van der Waals surface area contributed by atoms with E-state index >= 15 is 0 Å². The molecule has 1 saturated heterocycles. The standard InChI is InChI=1S/C12H19N5S/c1-2-10-14-15-12-17(10)16-11(18-12)4-3-9-5-7-13-8-6-9/h9,13H,2-8H2,1H3. The SMILES string of the molecule is CCc1nnc2sc(CCC3CCNCC3)nn12. The van der Waals surface area contributed by atoms with E-state index in [0.717, 1.165) is 29.5 Å². The smallest absolute Gasteiger partial charge is 0.234 e. The maximum absolute atomic E-state index is 4.62. The Hall–Kier alpha value is -1.01. The Morgan fingerprint density at radius 1 is 1.33 bits per heavy atom. The van der Waals surface area contributed by atoms with Crippen LogP contribution in [0.15, 0.2) is 0 Å². The molecule has 0 aliphatic carbocycles. The van der Waals surface area contributed by atoms with Crippen LogP contribution < -0.4 is 5.32 Å². The minimum absolute atomic E-state index is 0.867. The third kappa shape index (κ3) is 2.40. The molecule has 98 valence electrons. The molecule has 1 fully saturated rings. The third-order valence-electron chi connectivity index (χ3n) is 3.64. The lowest BCUT2D eigenvalue weighted by molar-refractivity contribution is 0.354. The normalized spacial score (nSPS) is 17.6. The molecule has 6 heteroatoms. The van der Waals surface area contributed by atoms with Crippen LogP contribution >= 0.6 is 11.3 Å². The Kier molecular flexibility index (Phi) is 3.56. The minimum Gasteiger partial charge on any atom is -0.317 e. The van der Waals surface area contributed by atoms with Gasteiger partial charge in [-0.15, -0.1) is 10.2 Å². The van der Waals surface area contributed by atoms with Gasteiger partial charge in [-0.1, -0.05) is 18.3 Å². The van der Waals surface area contributed by atoms with Crippen molar-refractivity contribution in [3.63, 3.8) is 0 Å². The molecule has 0 amide bonds. The van der Waals surface area contributed by atoms with Crippen molar-refractivity contribution < 1.29 is 0 Å². The van der Waals surface area contributed by atoms with Crippen molar-refractivity contribution in [2.75, 3.05) is 13.1 Å². The highest BCUT2D eigenvalue weighted by molar-refractivity contribution is 7.16. The molecule has 5 nitrogen and oxygen atoms in total. The van der Waals surface area contributed by atoms with Crippen LogP contribution in [0.4, 0.5) is 0 Å². The molecular weight excluding hydrogens is 246 g/mol. The molecule has 1 N–H and O–H groups in total. The van der Waals surface area contributed by atoms with Gasteiger partial charge in [-0.25, -0.2) is 0 Å². The van der Waals surface area contributed by atoms with Gasteiger partial charge in [0.1, 0.15) is 5.01 Å². The van der Waals surface area contributed by atoms with Crippen LogP contribution in [-0.4, -0.2) is 32.9 Å². The van der Waals surface area contributed by atoms with Gasteiger partial charge in [0.25, 0.3) is 0 Å². The van der Waals surface area contributed by atoms with E-state index < -0.39 is 0 Å². The number of nitrogens with one attached hydrogen (secondary N) is 1. The summed E-state index contributed by atoms with van der Waals surface area (Å²) in [5.41, 5.74) is 0. The first-order valence-electron chi connectivity index (χ1n) is 6.77. The van der Waals surface area contributed by atoms with Crippen LogP contribution in [-0.2, 0) is 12.8 Å². The van der Waals surface area contributed by atoms with Gasteiger partial charge in [0.15, 0.2) is 5.82 Å². The van der Waals surface area contributed by atoms with Gasteiger partial charge in [-0.3, -0.25) is 0 Å². The second-order valence-corrected chi connectivity index (χ2v) is 5.93. The summed E-state index contributed by atoms with van der Waals surface area (Å²) in [5, 5.41) is 17.5. The fourth-order valence-corrected chi connectivity index (χ4v) is 3.38. The fourth-order valence-electron chi connectivity index (χ4n) is 2.52. The molecule has 0 atom stereocenters. The second kappa shape index (κ2) is 5.32. The molecule has 0 unspecified atom stereocenters. The topological polar surface area (TPSA) is 55.1 Å². The molecule has 18 heavy (non-hydrogen) atoms. The molecule has 0 aromatic carbocycles. The van der Waals surface area contributed by atoms with Gasteiger partial charge in [0, 0.05) is 12.8 Å². The van der Waals surface area contributed by atoms with E-state index in [1.54, 1.807) is 11.3 Å². The molecule has 0 bridgehead atoms. The van der Waals surface area contributed by atoms with Gasteiger partial charge >= 0.3 is 0 Å². The number of hydrogen-bond donors (Lipinski definition) is 1. The van der Waals surface area contributed by atoms with E-state index in [-0.39, 0.29) is 0 Å². The highest BCUT2D eigenvalue weighted by Crippen LogP contribution is 2.21. The molecule has 2 aromatic rings. The summed E-state index contributed by atoms with van der Waals surface area (Å²) in [6.45, 7) is 4.44. The summed E-state index contributed by atoms with van der Waals surface area (Å²) >= 11 is 1.68. The molecule has 0 radical (unpaired) electrons. The third-order valence-corrected chi connectivity index (χ3v) is 4.60. The van der Waals surface area contributed by atoms with Crippen molar-refractivity contribution in [1.29, 1.82) is 0 Å². The van der Waals surface area contributed by atoms with Gasteiger partial charge in [-0.2, -0.15) is 9.61 Å². The first-order valence-corrected chi connectivity index (χ1v) is 7.59. The summed E-state index contributed by atoms with van der Waals surface area (Å²) in [7, 11) is 0. The van der Waals surface area contributed by atoms with E-state index in [0.29, 0.717) is 0 Å². The van der Waals surface area contributed by atoms with Crippen LogP contribution in [0.3, 0.4) is 0 Å². The molecule has 1 aliphatic heterocycles. The summed E-state index contributed by atoms with van der Waals surface area (Å²) in [5.74, 6) is 1.83. The van der Waals surface area contributed by atoms with E-state index in [9.17, 15) is 0 Å². The number of nitrogens with zero attached hydrogens (tertiary/aromatic N) is 4. The van der Waals surface area contributed by atoms with Crippen molar-refractivity contribution in [3.8, 4) is 0 Å². The number of aromatic nitrogens is 4. The lowest BCUT2D eigenvalue weighted by atomic mass is 9.93. The molecular formula is C12H19N5S. The van der Waals surface area contributed by atoms with E-state index in [1.165, 1.54) is 37.4 Å². The predicted molar refractivity (Wildman–Crippen MR) is 72.0 cm³/mol. The molecule has 0 saturated carbocycles. The van der Waals surface area contributed by atoms with Crippen LogP contribution in [0.2, 0.25) is 0 Å². The monoisotopic (exact) mass is 265 g/mol. The van der Waals surface area contributed by atoms with Gasteiger partial charge in [0.2, 0.25) is 4.96 Å². The quantitative estimate of drug-likeness (QED) is 0.914. The number of hydrogen-bond acceptors (Lipinski definition) is 5. The molecule has 0 spiro atoms. The zero-order valence-electron chi connectivity index (χ0n) is 10.7. The minimum atomic E-state index is 0.867. The highest BCUT2D eigenvalue weighted by atomic mass is 32.1. The van der Waals surface area contributed by atoms with Gasteiger partial charge < -0.3 is 5.32 Å². The number of piperidine rings is 1. The van der Waals surface area contributed by atoms with Crippen molar-refractivity contribution >= 4 is 16.3 Å². The lowest BCUT2D eigenvalue weighted by Gasteiger charge is -2.21. The maximum atomic E-state index is 4.62. The Morgan fingerprint density at radius 2 is 2.17 bits per heavy atom. The van der Waals surface area contributed by atoms with Gasteiger partial charge in [-0.05, 0) is 38.3 Å². The Labute approximate surface area is 111 Å². The number of aryl methyl sites for hydroxylation is 2. The fraction of sp³-hybridized carbons (Fsp3) is 0.750. The first-order chi connectivity index (χ1) is 8.86. The second-order valence-electron chi connectivity index (χ2n) is 4.89. The van der Waals surface area contributed by atoms with Crippen molar-refractivity contribution in [3.05, 3.63) is 10.8 Å². The summed E-state index contributed by atoms with van der Waals surface area (Å²) in [4.78, 5) is 0.937. The Bertz CT molecular complexity index is 511. The summed E-state index contributed by atoms with van der Waals surface area (Å²) < 4.78 is 1.91. The van der Waals surface area contributed by atoms with Crippen LogP contribution in [0.1, 0.15) is 37.0 Å². The zero-order valence-corrected chi connectivity index (χ0v) is 11.5. The highest BCUT2D eigenvalue weighted by Gasteiger charge is 2.15. The van der Waals surface area contributed by atoms with Crippen molar-refractivity contribution in [1.82, 2.24) is 25.1 Å². The summed E-state index contributed by atoms with van der Waals surface area (Å²) in [6.07, 6.45) is 5.85. The average Bonchev–Trinajstić information content (AvgIpc) is 2.97. The van der Waals surface area contributed by atoms with E-state index in [2.05, 4.69) is 27.5 Å². The first kappa shape index (κ1) is 12.0. The van der Waals surface area contributed by atoms with Crippen molar-refractivity contribution in [2.45, 2.75) is 39.0 Å². The van der Waals surface area contributed by atoms with E-state index in [4.69, 9.17) is 0 Å². The van der Waals surface area contributed by atoms with Crippen LogP contribution in [0.5, 0.6) is 0 Å². The predicted octanol–water partition coefficient (Wildman–Crippen LogP) is 1.68. The number of rotatable bonds is 4. The Morgan fingerprint density at radius 3 is 2.94 bits per heavy atom. The Balaban J connectivity index is 1.65. The molecule has 2 aromatic heterocycles.